The van der Waals surface area contributed by atoms with Crippen molar-refractivity contribution in [3.63, 3.8) is 0 Å². The summed E-state index contributed by atoms with van der Waals surface area (Å²) in [6, 6.07) is 16.7. The van der Waals surface area contributed by atoms with Crippen LogP contribution in [0, 0.1) is 5.92 Å². The summed E-state index contributed by atoms with van der Waals surface area (Å²) in [6.07, 6.45) is 2.17. The lowest BCUT2D eigenvalue weighted by molar-refractivity contribution is -0.0177. The van der Waals surface area contributed by atoms with E-state index in [0.717, 1.165) is 24.8 Å². The maximum Gasteiger partial charge on any atom is 0.323 e. The number of benzene rings is 3. The summed E-state index contributed by atoms with van der Waals surface area (Å²) in [7, 11) is 3.60. The Labute approximate surface area is 299 Å². The maximum atomic E-state index is 14.4. The first-order valence-electron chi connectivity index (χ1n) is 16.7. The minimum atomic E-state index is -0.488. The number of amides is 3. The van der Waals surface area contributed by atoms with Gasteiger partial charge in [0.25, 0.3) is 5.91 Å². The number of urea groups is 1. The number of aliphatic hydroxyl groups is 1. The number of nitrogens with zero attached hydrogens (tertiary/aromatic N) is 2. The molecule has 1 aliphatic rings. The highest BCUT2D eigenvalue weighted by molar-refractivity contribution is 6.42. The molecule has 266 valence electrons. The minimum Gasteiger partial charge on any atom is -0.497 e. The number of carbonyl (C=O) groups is 2. The molecule has 4 atom stereocenters. The van der Waals surface area contributed by atoms with Crippen molar-refractivity contribution in [3.05, 3.63) is 81.8 Å². The molecular weight excluding hydrogens is 667 g/mol. The van der Waals surface area contributed by atoms with Gasteiger partial charge >= 0.3 is 6.03 Å². The molecule has 0 saturated heterocycles. The molecule has 4 rings (SSSR count). The third-order valence-corrected chi connectivity index (χ3v) is 9.32. The van der Waals surface area contributed by atoms with Crippen molar-refractivity contribution in [1.82, 2.24) is 9.80 Å². The Morgan fingerprint density at radius 3 is 2.45 bits per heavy atom. The van der Waals surface area contributed by atoms with Gasteiger partial charge in [-0.1, -0.05) is 36.2 Å². The average Bonchev–Trinajstić information content (AvgIpc) is 3.08. The van der Waals surface area contributed by atoms with E-state index in [9.17, 15) is 14.7 Å². The molecule has 0 aliphatic carbocycles. The van der Waals surface area contributed by atoms with E-state index >= 15 is 0 Å². The number of hydrogen-bond acceptors (Lipinski definition) is 7. The molecule has 0 saturated carbocycles. The van der Waals surface area contributed by atoms with Crippen LogP contribution < -0.4 is 20.1 Å². The van der Waals surface area contributed by atoms with Crippen molar-refractivity contribution in [2.24, 2.45) is 5.92 Å². The van der Waals surface area contributed by atoms with Gasteiger partial charge in [-0.2, -0.15) is 0 Å². The topological polar surface area (TPSA) is 113 Å². The van der Waals surface area contributed by atoms with Crippen molar-refractivity contribution < 1.29 is 28.9 Å². The third kappa shape index (κ3) is 11.2. The smallest absolute Gasteiger partial charge is 0.323 e. The van der Waals surface area contributed by atoms with Gasteiger partial charge in [0.2, 0.25) is 0 Å². The normalized spacial score (nSPS) is 19.7. The molecular formula is C37H48Cl2N4O6. The SMILES string of the molecule is COc1ccc(NC(=O)Nc2ccc3c(c2)C(=O)N([C@H](C)CO)C[C@@H](C)[C@H](CN(C)Cc2ccc(Cl)c(Cl)c2)OCCCC[C@@H](C)O3)cc1. The second-order valence-corrected chi connectivity index (χ2v) is 13.6. The largest absolute Gasteiger partial charge is 0.497 e. The van der Waals surface area contributed by atoms with Gasteiger partial charge in [-0.25, -0.2) is 4.79 Å². The molecule has 3 aromatic carbocycles. The number of hydrogen-bond donors (Lipinski definition) is 3. The molecule has 3 amide bonds. The van der Waals surface area contributed by atoms with E-state index in [0.29, 0.717) is 64.7 Å². The van der Waals surface area contributed by atoms with Crippen molar-refractivity contribution in [2.75, 3.05) is 51.1 Å². The second-order valence-electron chi connectivity index (χ2n) is 12.8. The Morgan fingerprint density at radius 2 is 1.76 bits per heavy atom. The van der Waals surface area contributed by atoms with Crippen molar-refractivity contribution >= 4 is 46.5 Å². The third-order valence-electron chi connectivity index (χ3n) is 8.59. The van der Waals surface area contributed by atoms with Crippen LogP contribution in [0.5, 0.6) is 11.5 Å². The predicted molar refractivity (Wildman–Crippen MR) is 195 cm³/mol. The molecule has 0 aromatic heterocycles. The van der Waals surface area contributed by atoms with E-state index in [1.165, 1.54) is 0 Å². The molecule has 10 nitrogen and oxygen atoms in total. The Bertz CT molecular complexity index is 1540. The molecule has 12 heteroatoms. The second kappa shape index (κ2) is 18.5. The summed E-state index contributed by atoms with van der Waals surface area (Å²) >= 11 is 12.4. The van der Waals surface area contributed by atoms with Gasteiger partial charge in [-0.05, 0) is 100 Å². The number of ether oxygens (including phenoxy) is 3. The number of halogens is 2. The summed E-state index contributed by atoms with van der Waals surface area (Å²) in [5.74, 6) is 0.702. The Hall–Kier alpha value is -3.54. The lowest BCUT2D eigenvalue weighted by Crippen LogP contribution is -2.47. The highest BCUT2D eigenvalue weighted by Gasteiger charge is 2.30. The summed E-state index contributed by atoms with van der Waals surface area (Å²) in [4.78, 5) is 31.1. The van der Waals surface area contributed by atoms with E-state index in [4.69, 9.17) is 37.4 Å². The van der Waals surface area contributed by atoms with E-state index in [2.05, 4.69) is 22.5 Å². The van der Waals surface area contributed by atoms with Crippen LogP contribution in [-0.4, -0.2) is 85.6 Å². The van der Waals surface area contributed by atoms with Crippen molar-refractivity contribution in [1.29, 1.82) is 0 Å². The molecule has 0 unspecified atom stereocenters. The van der Waals surface area contributed by atoms with E-state index in [-0.39, 0.29) is 30.6 Å². The van der Waals surface area contributed by atoms with Crippen molar-refractivity contribution in [3.8, 4) is 11.5 Å². The molecule has 49 heavy (non-hydrogen) atoms. The molecule has 3 aromatic rings. The predicted octanol–water partition coefficient (Wildman–Crippen LogP) is 7.57. The van der Waals surface area contributed by atoms with E-state index in [1.807, 2.05) is 33.0 Å². The zero-order valence-electron chi connectivity index (χ0n) is 28.9. The molecule has 0 radical (unpaired) electrons. The first-order chi connectivity index (χ1) is 23.5. The van der Waals surface area contributed by atoms with Gasteiger partial charge in [-0.15, -0.1) is 0 Å². The van der Waals surface area contributed by atoms with Crippen LogP contribution in [-0.2, 0) is 11.3 Å². The number of methoxy groups -OCH3 is 1. The van der Waals surface area contributed by atoms with Crippen molar-refractivity contribution in [2.45, 2.75) is 64.8 Å². The van der Waals surface area contributed by atoms with Crippen LogP contribution in [0.2, 0.25) is 10.0 Å². The number of nitrogens with one attached hydrogen (secondary N) is 2. The highest BCUT2D eigenvalue weighted by atomic mass is 35.5. The molecule has 3 N–H and O–H groups in total. The quantitative estimate of drug-likeness (QED) is 0.210. The highest BCUT2D eigenvalue weighted by Crippen LogP contribution is 2.29. The number of likely N-dealkylation sites (N-methyl/N-ethyl adjacent to an activating group) is 1. The van der Waals surface area contributed by atoms with E-state index in [1.54, 1.807) is 60.5 Å². The van der Waals surface area contributed by atoms with Gasteiger partial charge in [0.1, 0.15) is 11.5 Å². The maximum absolute atomic E-state index is 14.4. The van der Waals surface area contributed by atoms with Crippen LogP contribution >= 0.6 is 23.2 Å². The first-order valence-corrected chi connectivity index (χ1v) is 17.4. The monoisotopic (exact) mass is 714 g/mol. The first kappa shape index (κ1) is 38.3. The van der Waals surface area contributed by atoms with Crippen LogP contribution in [0.4, 0.5) is 16.2 Å². The summed E-state index contributed by atoms with van der Waals surface area (Å²) < 4.78 is 18.0. The number of carbonyl (C=O) groups excluding carboxylic acids is 2. The van der Waals surface area contributed by atoms with E-state index < -0.39 is 12.1 Å². The minimum absolute atomic E-state index is 0.0861. The molecule has 1 aliphatic heterocycles. The van der Waals surface area contributed by atoms with Crippen LogP contribution in [0.25, 0.3) is 0 Å². The molecule has 1 heterocycles. The Kier molecular flexibility index (Phi) is 14.4. The lowest BCUT2D eigenvalue weighted by Gasteiger charge is -2.36. The Balaban J connectivity index is 1.57. The molecule has 0 bridgehead atoms. The number of anilines is 2. The molecule has 0 fully saturated rings. The average molecular weight is 716 g/mol. The number of rotatable bonds is 9. The van der Waals surface area contributed by atoms with Gasteiger partial charge in [0.15, 0.2) is 0 Å². The fourth-order valence-corrected chi connectivity index (χ4v) is 6.07. The van der Waals surface area contributed by atoms with Gasteiger partial charge in [-0.3, -0.25) is 9.69 Å². The van der Waals surface area contributed by atoms with Gasteiger partial charge in [0.05, 0.1) is 47.6 Å². The summed E-state index contributed by atoms with van der Waals surface area (Å²) in [6.45, 7) is 7.80. The Morgan fingerprint density at radius 1 is 1.04 bits per heavy atom. The van der Waals surface area contributed by atoms with Crippen LogP contribution in [0.3, 0.4) is 0 Å². The van der Waals surface area contributed by atoms with Gasteiger partial charge in [0, 0.05) is 43.5 Å². The standard InChI is InChI=1S/C37H48Cl2N4O6/c1-24-20-43(25(2)23-44)36(45)31-19-29(41-37(46)40-28-10-13-30(47-5)14-11-28)12-16-34(31)49-26(3)8-6-7-17-48-35(24)22-42(4)21-27-9-15-32(38)33(39)18-27/h9-16,18-19,24-26,35,44H,6-8,17,20-23H2,1-5H3,(H2,40,41,46)/t24-,25-,26-,35+/m1/s1. The zero-order chi connectivity index (χ0) is 35.5. The number of fused-ring (bicyclic) bond motifs is 1. The fourth-order valence-electron chi connectivity index (χ4n) is 5.75. The summed E-state index contributed by atoms with van der Waals surface area (Å²) in [5, 5.41) is 16.9. The lowest BCUT2D eigenvalue weighted by atomic mass is 10.0. The molecule has 0 spiro atoms. The summed E-state index contributed by atoms with van der Waals surface area (Å²) in [5.41, 5.74) is 2.34. The number of aliphatic hydroxyl groups excluding tert-OH is 1. The van der Waals surface area contributed by atoms with Crippen LogP contribution in [0.15, 0.2) is 60.7 Å². The van der Waals surface area contributed by atoms with Crippen LogP contribution in [0.1, 0.15) is 56.0 Å². The fraction of sp³-hybridized carbons (Fsp3) is 0.459. The zero-order valence-corrected chi connectivity index (χ0v) is 30.4. The van der Waals surface area contributed by atoms with Gasteiger partial charge < -0.3 is 34.9 Å².